The van der Waals surface area contributed by atoms with E-state index in [4.69, 9.17) is 33.0 Å². The van der Waals surface area contributed by atoms with Crippen molar-refractivity contribution < 1.29 is 19.4 Å². The van der Waals surface area contributed by atoms with Crippen molar-refractivity contribution in [1.82, 2.24) is 15.6 Å². The van der Waals surface area contributed by atoms with Crippen LogP contribution in [0.1, 0.15) is 50.9 Å². The highest BCUT2D eigenvalue weighted by molar-refractivity contribution is 6.42. The summed E-state index contributed by atoms with van der Waals surface area (Å²) in [4.78, 5) is 27.6. The van der Waals surface area contributed by atoms with Gasteiger partial charge < -0.3 is 25.5 Å². The predicted molar refractivity (Wildman–Crippen MR) is 139 cm³/mol. The van der Waals surface area contributed by atoms with Crippen molar-refractivity contribution in [2.45, 2.75) is 57.7 Å². The van der Waals surface area contributed by atoms with Gasteiger partial charge in [-0.1, -0.05) is 23.2 Å². The Labute approximate surface area is 214 Å². The molecule has 1 aromatic heterocycles. The SMILES string of the molecule is CC1(C)CC(NC(=O)c2ccc(-c3cc4cc(Cl)c(Cl)cc4[nH]3)c(OCC(=O)O)c2)CC(C)(C)N1. The van der Waals surface area contributed by atoms with E-state index >= 15 is 0 Å². The van der Waals surface area contributed by atoms with Gasteiger partial charge in [0, 0.05) is 39.1 Å². The van der Waals surface area contributed by atoms with Gasteiger partial charge in [-0.2, -0.15) is 0 Å². The largest absolute Gasteiger partial charge is 0.481 e. The molecular weight excluding hydrogens is 489 g/mol. The summed E-state index contributed by atoms with van der Waals surface area (Å²) in [5.41, 5.74) is 2.26. The van der Waals surface area contributed by atoms with Gasteiger partial charge in [0.25, 0.3) is 5.91 Å². The van der Waals surface area contributed by atoms with E-state index in [-0.39, 0.29) is 28.8 Å². The Morgan fingerprint density at radius 3 is 2.37 bits per heavy atom. The van der Waals surface area contributed by atoms with Gasteiger partial charge in [-0.15, -0.1) is 0 Å². The zero-order valence-corrected chi connectivity index (χ0v) is 21.6. The van der Waals surface area contributed by atoms with Crippen LogP contribution >= 0.6 is 23.2 Å². The number of carboxylic acids is 1. The molecule has 4 rings (SSSR count). The maximum absolute atomic E-state index is 13.1. The van der Waals surface area contributed by atoms with Crippen molar-refractivity contribution >= 4 is 46.0 Å². The zero-order valence-electron chi connectivity index (χ0n) is 20.1. The number of rotatable bonds is 6. The van der Waals surface area contributed by atoms with Crippen molar-refractivity contribution in [2.75, 3.05) is 6.61 Å². The number of benzene rings is 2. The normalized spacial score (nSPS) is 17.3. The van der Waals surface area contributed by atoms with Gasteiger partial charge in [0.1, 0.15) is 5.75 Å². The third-order valence-corrected chi connectivity index (χ3v) is 6.79. The molecule has 186 valence electrons. The number of halogens is 2. The molecule has 9 heteroatoms. The molecule has 1 saturated heterocycles. The Bertz CT molecular complexity index is 1240. The number of carbonyl (C=O) groups excluding carboxylic acids is 1. The van der Waals surface area contributed by atoms with E-state index in [0.717, 1.165) is 23.7 Å². The molecule has 1 aliphatic rings. The fourth-order valence-electron chi connectivity index (χ4n) is 5.11. The van der Waals surface area contributed by atoms with Crippen molar-refractivity contribution in [1.29, 1.82) is 0 Å². The molecule has 3 aromatic rings. The van der Waals surface area contributed by atoms with Crippen LogP contribution in [0.25, 0.3) is 22.2 Å². The number of hydrogen-bond donors (Lipinski definition) is 4. The first-order valence-electron chi connectivity index (χ1n) is 11.4. The summed E-state index contributed by atoms with van der Waals surface area (Å²) >= 11 is 12.3. The Kier molecular flexibility index (Phi) is 6.79. The van der Waals surface area contributed by atoms with E-state index in [1.807, 2.05) is 6.07 Å². The molecule has 2 aromatic carbocycles. The average Bonchev–Trinajstić information content (AvgIpc) is 3.12. The number of hydrogen-bond acceptors (Lipinski definition) is 4. The Morgan fingerprint density at radius 2 is 1.71 bits per heavy atom. The molecule has 4 N–H and O–H groups in total. The zero-order chi connectivity index (χ0) is 25.5. The van der Waals surface area contributed by atoms with Gasteiger partial charge in [-0.3, -0.25) is 4.79 Å². The fraction of sp³-hybridized carbons (Fsp3) is 0.385. The predicted octanol–water partition coefficient (Wildman–Crippen LogP) is 5.64. The lowest BCUT2D eigenvalue weighted by Gasteiger charge is -2.46. The van der Waals surface area contributed by atoms with Crippen LogP contribution in [0.4, 0.5) is 0 Å². The summed E-state index contributed by atoms with van der Waals surface area (Å²) in [6.45, 7) is 7.97. The highest BCUT2D eigenvalue weighted by atomic mass is 35.5. The standard InChI is InChI=1S/C26H29Cl2N3O4/c1-25(2)11-16(12-26(3,4)31-25)29-24(34)14-5-6-17(22(9-14)35-13-23(32)33)21-8-15-7-18(27)19(28)10-20(15)30-21/h5-10,16,30-31H,11-13H2,1-4H3,(H,29,34)(H,32,33). The first-order valence-corrected chi connectivity index (χ1v) is 12.1. The number of nitrogens with one attached hydrogen (secondary N) is 3. The van der Waals surface area contributed by atoms with Gasteiger partial charge in [0.2, 0.25) is 0 Å². The first kappa shape index (κ1) is 25.4. The lowest BCUT2D eigenvalue weighted by Crippen LogP contribution is -2.62. The summed E-state index contributed by atoms with van der Waals surface area (Å²) in [5, 5.41) is 17.6. The van der Waals surface area contributed by atoms with E-state index in [1.165, 1.54) is 0 Å². The Balaban J connectivity index is 1.64. The molecule has 0 aliphatic carbocycles. The summed E-state index contributed by atoms with van der Waals surface area (Å²) in [5.74, 6) is -1.06. The molecule has 0 bridgehead atoms. The van der Waals surface area contributed by atoms with Crippen LogP contribution in [0.2, 0.25) is 10.0 Å². The third-order valence-electron chi connectivity index (χ3n) is 6.07. The lowest BCUT2D eigenvalue weighted by atomic mass is 9.79. The molecule has 0 saturated carbocycles. The lowest BCUT2D eigenvalue weighted by molar-refractivity contribution is -0.139. The molecule has 0 radical (unpaired) electrons. The summed E-state index contributed by atoms with van der Waals surface area (Å²) in [6, 6.07) is 10.4. The number of H-pyrrole nitrogens is 1. The minimum atomic E-state index is -1.11. The highest BCUT2D eigenvalue weighted by Crippen LogP contribution is 2.36. The molecule has 0 spiro atoms. The highest BCUT2D eigenvalue weighted by Gasteiger charge is 2.38. The van der Waals surface area contributed by atoms with Crippen LogP contribution in [0.15, 0.2) is 36.4 Å². The number of aliphatic carboxylic acids is 1. The van der Waals surface area contributed by atoms with Gasteiger partial charge in [-0.05, 0) is 76.9 Å². The van der Waals surface area contributed by atoms with E-state index in [9.17, 15) is 9.59 Å². The average molecular weight is 518 g/mol. The minimum absolute atomic E-state index is 0.0000165. The second-order valence-electron chi connectivity index (χ2n) is 10.4. The summed E-state index contributed by atoms with van der Waals surface area (Å²) in [7, 11) is 0. The number of carboxylic acid groups (broad SMARTS) is 1. The number of carbonyl (C=O) groups is 2. The molecular formula is C26H29Cl2N3O4. The third kappa shape index (κ3) is 5.92. The summed E-state index contributed by atoms with van der Waals surface area (Å²) in [6.07, 6.45) is 1.59. The fourth-order valence-corrected chi connectivity index (χ4v) is 5.45. The minimum Gasteiger partial charge on any atom is -0.481 e. The van der Waals surface area contributed by atoms with Crippen molar-refractivity contribution in [2.24, 2.45) is 0 Å². The number of aromatic amines is 1. The smallest absolute Gasteiger partial charge is 0.341 e. The van der Waals surface area contributed by atoms with Gasteiger partial charge in [0.15, 0.2) is 6.61 Å². The van der Waals surface area contributed by atoms with E-state index in [2.05, 4.69) is 43.3 Å². The van der Waals surface area contributed by atoms with Crippen LogP contribution in [-0.2, 0) is 4.79 Å². The van der Waals surface area contributed by atoms with Gasteiger partial charge in [0.05, 0.1) is 15.7 Å². The van der Waals surface area contributed by atoms with Crippen LogP contribution in [0.3, 0.4) is 0 Å². The number of piperidine rings is 1. The van der Waals surface area contributed by atoms with E-state index in [1.54, 1.807) is 30.3 Å². The van der Waals surface area contributed by atoms with E-state index < -0.39 is 12.6 Å². The van der Waals surface area contributed by atoms with Crippen molar-refractivity contribution in [3.8, 4) is 17.0 Å². The molecule has 2 heterocycles. The summed E-state index contributed by atoms with van der Waals surface area (Å²) < 4.78 is 5.58. The van der Waals surface area contributed by atoms with Crippen molar-refractivity contribution in [3.05, 3.63) is 52.0 Å². The molecule has 35 heavy (non-hydrogen) atoms. The number of amides is 1. The van der Waals surface area contributed by atoms with Crippen molar-refractivity contribution in [3.63, 3.8) is 0 Å². The van der Waals surface area contributed by atoms with Crippen LogP contribution in [-0.4, -0.2) is 45.7 Å². The maximum atomic E-state index is 13.1. The number of aromatic nitrogens is 1. The Hall–Kier alpha value is -2.74. The number of fused-ring (bicyclic) bond motifs is 1. The van der Waals surface area contributed by atoms with Crippen LogP contribution < -0.4 is 15.4 Å². The molecule has 7 nitrogen and oxygen atoms in total. The monoisotopic (exact) mass is 517 g/mol. The van der Waals surface area contributed by atoms with Crippen LogP contribution in [0.5, 0.6) is 5.75 Å². The van der Waals surface area contributed by atoms with Crippen LogP contribution in [0, 0.1) is 0 Å². The molecule has 1 fully saturated rings. The van der Waals surface area contributed by atoms with Gasteiger partial charge in [-0.25, -0.2) is 4.79 Å². The second kappa shape index (κ2) is 9.37. The first-order chi connectivity index (χ1) is 16.3. The molecule has 1 aliphatic heterocycles. The van der Waals surface area contributed by atoms with Gasteiger partial charge >= 0.3 is 5.97 Å². The molecule has 0 unspecified atom stereocenters. The maximum Gasteiger partial charge on any atom is 0.341 e. The molecule has 0 atom stereocenters. The Morgan fingerprint density at radius 1 is 1.06 bits per heavy atom. The van der Waals surface area contributed by atoms with E-state index in [0.29, 0.717) is 26.9 Å². The quantitative estimate of drug-likeness (QED) is 0.338. The second-order valence-corrected chi connectivity index (χ2v) is 11.2. The molecule has 1 amide bonds. The number of ether oxygens (including phenoxy) is 1. The topological polar surface area (TPSA) is 103 Å².